The van der Waals surface area contributed by atoms with Gasteiger partial charge in [-0.05, 0) is 33.1 Å². The molecule has 10 heavy (non-hydrogen) atoms. The van der Waals surface area contributed by atoms with Gasteiger partial charge in [0.05, 0.1) is 5.60 Å². The zero-order valence-corrected chi connectivity index (χ0v) is 8.29. The van der Waals surface area contributed by atoms with Gasteiger partial charge in [0.25, 0.3) is 0 Å². The highest BCUT2D eigenvalue weighted by Crippen LogP contribution is 2.32. The van der Waals surface area contributed by atoms with Crippen molar-refractivity contribution in [1.82, 2.24) is 0 Å². The van der Waals surface area contributed by atoms with Crippen molar-refractivity contribution in [3.8, 4) is 0 Å². The lowest BCUT2D eigenvalue weighted by Gasteiger charge is -2.29. The quantitative estimate of drug-likeness (QED) is 0.654. The fraction of sp³-hybridized carbons (Fsp3) is 0.500. The lowest BCUT2D eigenvalue weighted by atomic mass is 9.87. The molecule has 1 aliphatic rings. The van der Waals surface area contributed by atoms with Crippen molar-refractivity contribution in [2.45, 2.75) is 19.4 Å². The van der Waals surface area contributed by atoms with Crippen molar-refractivity contribution in [2.24, 2.45) is 5.92 Å². The minimum atomic E-state index is -0.648. The van der Waals surface area contributed by atoms with Gasteiger partial charge in [-0.2, -0.15) is 0 Å². The molecule has 0 fully saturated rings. The van der Waals surface area contributed by atoms with Crippen LogP contribution >= 0.6 is 22.6 Å². The Balaban J connectivity index is 2.89. The van der Waals surface area contributed by atoms with E-state index in [1.54, 1.807) is 0 Å². The van der Waals surface area contributed by atoms with E-state index in [0.29, 0.717) is 0 Å². The Bertz CT molecular complexity index is 191. The summed E-state index contributed by atoms with van der Waals surface area (Å²) >= 11 is 2.26. The van der Waals surface area contributed by atoms with E-state index in [-0.39, 0.29) is 5.92 Å². The third kappa shape index (κ3) is 1.42. The third-order valence-electron chi connectivity index (χ3n) is 1.98. The molecule has 2 atom stereocenters. The minimum absolute atomic E-state index is 0.234. The smallest absolute Gasteiger partial charge is 0.0872 e. The molecule has 0 aromatic carbocycles. The maximum Gasteiger partial charge on any atom is 0.0872 e. The minimum Gasteiger partial charge on any atom is -0.385 e. The molecule has 56 valence electrons. The second-order valence-corrected chi connectivity index (χ2v) is 4.10. The van der Waals surface area contributed by atoms with E-state index in [2.05, 4.69) is 22.6 Å². The maximum atomic E-state index is 9.68. The molecule has 0 saturated heterocycles. The molecule has 0 aromatic heterocycles. The van der Waals surface area contributed by atoms with Gasteiger partial charge >= 0.3 is 0 Å². The van der Waals surface area contributed by atoms with Crippen LogP contribution in [-0.2, 0) is 0 Å². The zero-order valence-electron chi connectivity index (χ0n) is 6.13. The van der Waals surface area contributed by atoms with Gasteiger partial charge in [0.15, 0.2) is 0 Å². The van der Waals surface area contributed by atoms with Crippen LogP contribution in [0.1, 0.15) is 13.8 Å². The van der Waals surface area contributed by atoms with Gasteiger partial charge in [-0.1, -0.05) is 25.2 Å². The zero-order chi connectivity index (χ0) is 7.78. The molecule has 0 radical (unpaired) electrons. The molecule has 0 aliphatic heterocycles. The SMILES string of the molecule is CC1C(I)=CC=CC1(C)O. The summed E-state index contributed by atoms with van der Waals surface area (Å²) < 4.78 is 1.21. The summed E-state index contributed by atoms with van der Waals surface area (Å²) in [6.45, 7) is 3.86. The van der Waals surface area contributed by atoms with Gasteiger partial charge in [0.2, 0.25) is 0 Å². The van der Waals surface area contributed by atoms with Crippen molar-refractivity contribution < 1.29 is 5.11 Å². The van der Waals surface area contributed by atoms with E-state index in [4.69, 9.17) is 0 Å². The Morgan fingerprint density at radius 2 is 2.30 bits per heavy atom. The first-order valence-electron chi connectivity index (χ1n) is 3.31. The Labute approximate surface area is 75.0 Å². The van der Waals surface area contributed by atoms with Crippen molar-refractivity contribution in [3.63, 3.8) is 0 Å². The van der Waals surface area contributed by atoms with E-state index < -0.39 is 5.60 Å². The lowest BCUT2D eigenvalue weighted by molar-refractivity contribution is 0.0722. The Hall–Kier alpha value is 0.170. The summed E-state index contributed by atoms with van der Waals surface area (Å²) in [6, 6.07) is 0. The monoisotopic (exact) mass is 250 g/mol. The summed E-state index contributed by atoms with van der Waals surface area (Å²) in [5, 5.41) is 9.68. The molecule has 0 heterocycles. The van der Waals surface area contributed by atoms with Crippen LogP contribution < -0.4 is 0 Å². The summed E-state index contributed by atoms with van der Waals surface area (Å²) in [7, 11) is 0. The van der Waals surface area contributed by atoms with Crippen LogP contribution in [-0.4, -0.2) is 10.7 Å². The average molecular weight is 250 g/mol. The molecule has 0 aromatic rings. The first-order valence-corrected chi connectivity index (χ1v) is 4.39. The normalized spacial score (nSPS) is 39.6. The van der Waals surface area contributed by atoms with Crippen LogP contribution in [0.2, 0.25) is 0 Å². The third-order valence-corrected chi connectivity index (χ3v) is 3.27. The number of rotatable bonds is 0. The predicted octanol–water partition coefficient (Wildman–Crippen LogP) is 2.26. The number of aliphatic hydroxyl groups is 1. The van der Waals surface area contributed by atoms with E-state index in [9.17, 15) is 5.11 Å². The van der Waals surface area contributed by atoms with Crippen molar-refractivity contribution in [1.29, 1.82) is 0 Å². The van der Waals surface area contributed by atoms with Crippen LogP contribution in [0, 0.1) is 5.92 Å². The van der Waals surface area contributed by atoms with Gasteiger partial charge < -0.3 is 5.11 Å². The van der Waals surface area contributed by atoms with Crippen LogP contribution in [0.5, 0.6) is 0 Å². The molecule has 1 nitrogen and oxygen atoms in total. The van der Waals surface area contributed by atoms with Gasteiger partial charge in [-0.3, -0.25) is 0 Å². The molecular weight excluding hydrogens is 239 g/mol. The molecule has 0 spiro atoms. The summed E-state index contributed by atoms with van der Waals surface area (Å²) in [6.07, 6.45) is 5.77. The first-order chi connectivity index (χ1) is 4.54. The molecule has 0 amide bonds. The highest BCUT2D eigenvalue weighted by atomic mass is 127. The van der Waals surface area contributed by atoms with Crippen molar-refractivity contribution >= 4 is 22.6 Å². The number of hydrogen-bond donors (Lipinski definition) is 1. The van der Waals surface area contributed by atoms with E-state index in [1.807, 2.05) is 32.1 Å². The standard InChI is InChI=1S/C8H11IO/c1-6-7(9)4-3-5-8(6,2)10/h3-6,10H,1-2H3. The van der Waals surface area contributed by atoms with E-state index in [1.165, 1.54) is 3.58 Å². The molecule has 2 heteroatoms. The van der Waals surface area contributed by atoms with Gasteiger partial charge in [0.1, 0.15) is 0 Å². The maximum absolute atomic E-state index is 9.68. The summed E-state index contributed by atoms with van der Waals surface area (Å²) in [4.78, 5) is 0. The van der Waals surface area contributed by atoms with Crippen molar-refractivity contribution in [2.75, 3.05) is 0 Å². The second-order valence-electron chi connectivity index (χ2n) is 2.86. The molecule has 1 rings (SSSR count). The Kier molecular flexibility index (Phi) is 2.20. The highest BCUT2D eigenvalue weighted by Gasteiger charge is 2.28. The Morgan fingerprint density at radius 1 is 1.70 bits per heavy atom. The highest BCUT2D eigenvalue weighted by molar-refractivity contribution is 14.1. The molecule has 0 bridgehead atoms. The van der Waals surface area contributed by atoms with E-state index >= 15 is 0 Å². The molecule has 0 saturated carbocycles. The topological polar surface area (TPSA) is 20.2 Å². The number of halogens is 1. The average Bonchev–Trinajstić information content (AvgIpc) is 1.83. The largest absolute Gasteiger partial charge is 0.385 e. The van der Waals surface area contributed by atoms with Crippen LogP contribution in [0.15, 0.2) is 21.8 Å². The molecule has 1 N–H and O–H groups in total. The fourth-order valence-corrected chi connectivity index (χ4v) is 1.74. The molecule has 1 aliphatic carbocycles. The van der Waals surface area contributed by atoms with Gasteiger partial charge in [0, 0.05) is 5.92 Å². The predicted molar refractivity (Wildman–Crippen MR) is 51.0 cm³/mol. The molecular formula is C8H11IO. The number of allylic oxidation sites excluding steroid dienone is 2. The van der Waals surface area contributed by atoms with Crippen LogP contribution in [0.25, 0.3) is 0 Å². The van der Waals surface area contributed by atoms with Crippen molar-refractivity contribution in [3.05, 3.63) is 21.8 Å². The lowest BCUT2D eigenvalue weighted by Crippen LogP contribution is -2.31. The van der Waals surface area contributed by atoms with Crippen LogP contribution in [0.4, 0.5) is 0 Å². The van der Waals surface area contributed by atoms with Crippen LogP contribution in [0.3, 0.4) is 0 Å². The molecule has 2 unspecified atom stereocenters. The van der Waals surface area contributed by atoms with Gasteiger partial charge in [-0.25, -0.2) is 0 Å². The Morgan fingerprint density at radius 3 is 2.70 bits per heavy atom. The number of hydrogen-bond acceptors (Lipinski definition) is 1. The fourth-order valence-electron chi connectivity index (χ4n) is 0.903. The van der Waals surface area contributed by atoms with E-state index in [0.717, 1.165) is 0 Å². The second kappa shape index (κ2) is 2.66. The summed E-state index contributed by atoms with van der Waals surface area (Å²) in [5.41, 5.74) is -0.648. The summed E-state index contributed by atoms with van der Waals surface area (Å²) in [5.74, 6) is 0.234. The first kappa shape index (κ1) is 8.27. The van der Waals surface area contributed by atoms with Gasteiger partial charge in [-0.15, -0.1) is 0 Å².